The third kappa shape index (κ3) is 5.52. The van der Waals surface area contributed by atoms with Gasteiger partial charge in [-0.1, -0.05) is 0 Å². The lowest BCUT2D eigenvalue weighted by atomic mass is 9.81. The smallest absolute Gasteiger partial charge is 0.270 e. The molecule has 1 aliphatic carbocycles. The number of hydrogen-bond donors (Lipinski definition) is 2. The van der Waals surface area contributed by atoms with E-state index in [4.69, 9.17) is 21.7 Å². The summed E-state index contributed by atoms with van der Waals surface area (Å²) in [5, 5.41) is 14.9. The zero-order valence-electron chi connectivity index (χ0n) is 21.3. The molecule has 0 spiro atoms. The molecule has 0 aromatic carbocycles. The number of aromatic nitrogens is 5. The van der Waals surface area contributed by atoms with Gasteiger partial charge in [0.25, 0.3) is 5.91 Å². The number of piperidine rings is 1. The molecule has 204 valence electrons. The number of halogens is 3. The van der Waals surface area contributed by atoms with E-state index in [1.807, 2.05) is 13.0 Å². The van der Waals surface area contributed by atoms with Crippen LogP contribution in [-0.2, 0) is 23.6 Å². The molecule has 2 N–H and O–H groups in total. The first kappa shape index (κ1) is 26.5. The molecule has 0 radical (unpaired) electrons. The molecule has 3 aromatic heterocycles. The summed E-state index contributed by atoms with van der Waals surface area (Å²) in [6, 6.07) is 2.91. The number of carbonyl (C=O) groups is 2. The van der Waals surface area contributed by atoms with Crippen molar-refractivity contribution in [1.29, 1.82) is 0 Å². The average Bonchev–Trinajstić information content (AvgIpc) is 3.55. The van der Waals surface area contributed by atoms with Crippen LogP contribution in [-0.4, -0.2) is 48.7 Å². The van der Waals surface area contributed by atoms with Gasteiger partial charge in [-0.15, -0.1) is 11.6 Å². The van der Waals surface area contributed by atoms with Crippen molar-refractivity contribution in [1.82, 2.24) is 35.0 Å². The number of imidazole rings is 1. The van der Waals surface area contributed by atoms with E-state index in [9.17, 15) is 18.4 Å². The van der Waals surface area contributed by atoms with Gasteiger partial charge >= 0.3 is 0 Å². The van der Waals surface area contributed by atoms with E-state index in [1.165, 1.54) is 0 Å². The first-order valence-corrected chi connectivity index (χ1v) is 13.7. The van der Waals surface area contributed by atoms with E-state index >= 15 is 0 Å². The predicted octanol–water partition coefficient (Wildman–Crippen LogP) is 4.05. The van der Waals surface area contributed by atoms with Crippen LogP contribution in [0.3, 0.4) is 0 Å². The first-order valence-electron chi connectivity index (χ1n) is 13.2. The van der Waals surface area contributed by atoms with Gasteiger partial charge in [0.05, 0.1) is 23.6 Å². The van der Waals surface area contributed by atoms with Crippen molar-refractivity contribution >= 4 is 29.1 Å². The number of nitrogens with one attached hydrogen (secondary N) is 2. The second-order valence-corrected chi connectivity index (χ2v) is 10.5. The highest BCUT2D eigenvalue weighted by Crippen LogP contribution is 2.41. The Morgan fingerprint density at radius 3 is 2.82 bits per heavy atom. The van der Waals surface area contributed by atoms with Crippen LogP contribution in [0.15, 0.2) is 24.5 Å². The van der Waals surface area contributed by atoms with Crippen molar-refractivity contribution in [3.05, 3.63) is 47.2 Å². The predicted molar refractivity (Wildman–Crippen MR) is 137 cm³/mol. The van der Waals surface area contributed by atoms with Gasteiger partial charge in [-0.2, -0.15) is 10.2 Å². The molecule has 4 heterocycles. The number of fused-ring (bicyclic) bond motifs is 1. The zero-order chi connectivity index (χ0) is 26.9. The third-order valence-electron chi connectivity index (χ3n) is 7.71. The van der Waals surface area contributed by atoms with Gasteiger partial charge in [-0.25, -0.2) is 18.3 Å². The Bertz CT molecular complexity index is 1310. The number of rotatable bonds is 8. The van der Waals surface area contributed by atoms with Crippen LogP contribution in [0.2, 0.25) is 0 Å². The summed E-state index contributed by atoms with van der Waals surface area (Å²) in [6.07, 6.45) is 5.55. The monoisotopic (exact) mass is 547 g/mol. The summed E-state index contributed by atoms with van der Waals surface area (Å²) in [7, 11) is 0. The van der Waals surface area contributed by atoms with Crippen molar-refractivity contribution in [3.8, 4) is 0 Å². The first-order chi connectivity index (χ1) is 18.3. The highest BCUT2D eigenvalue weighted by molar-refractivity contribution is 6.17. The number of hydrogen-bond acceptors (Lipinski definition) is 5. The second-order valence-electron chi connectivity index (χ2n) is 10.2. The second kappa shape index (κ2) is 11.0. The molecular weight excluding hydrogens is 516 g/mol. The van der Waals surface area contributed by atoms with Crippen LogP contribution in [0, 0.1) is 11.8 Å². The van der Waals surface area contributed by atoms with Gasteiger partial charge in [0.2, 0.25) is 11.8 Å². The molecule has 2 amide bonds. The Hall–Kier alpha value is -3.08. The van der Waals surface area contributed by atoms with Crippen LogP contribution in [0.25, 0.3) is 5.65 Å². The van der Waals surface area contributed by atoms with Crippen LogP contribution in [0.5, 0.6) is 0 Å². The van der Waals surface area contributed by atoms with Gasteiger partial charge in [0.15, 0.2) is 5.65 Å². The Morgan fingerprint density at radius 1 is 1.32 bits per heavy atom. The van der Waals surface area contributed by atoms with Gasteiger partial charge in [-0.05, 0) is 56.2 Å². The summed E-state index contributed by atoms with van der Waals surface area (Å²) in [4.78, 5) is 30.3. The summed E-state index contributed by atoms with van der Waals surface area (Å²) in [6.45, 7) is 3.10. The summed E-state index contributed by atoms with van der Waals surface area (Å²) >= 11 is 6.24. The highest BCUT2D eigenvalue weighted by Gasteiger charge is 2.39. The molecule has 9 nitrogen and oxygen atoms in total. The Morgan fingerprint density at radius 2 is 2.11 bits per heavy atom. The highest BCUT2D eigenvalue weighted by atomic mass is 35.5. The molecule has 12 heteroatoms. The minimum absolute atomic E-state index is 0.0215. The molecule has 1 saturated heterocycles. The molecule has 0 bridgehead atoms. The third-order valence-corrected chi connectivity index (χ3v) is 7.99. The number of carbonyl (C=O) groups excluding carboxylic acids is 2. The number of alkyl halides is 3. The molecule has 5 rings (SSSR count). The van der Waals surface area contributed by atoms with Gasteiger partial charge < -0.3 is 10.6 Å². The van der Waals surface area contributed by atoms with Crippen LogP contribution in [0.4, 0.5) is 8.78 Å². The van der Waals surface area contributed by atoms with E-state index in [0.717, 1.165) is 24.1 Å². The van der Waals surface area contributed by atoms with Crippen molar-refractivity contribution in [2.24, 2.45) is 11.8 Å². The molecule has 2 fully saturated rings. The topological polar surface area (TPSA) is 106 Å². The van der Waals surface area contributed by atoms with Gasteiger partial charge in [0.1, 0.15) is 5.69 Å². The van der Waals surface area contributed by atoms with Crippen molar-refractivity contribution in [2.75, 3.05) is 6.54 Å². The standard InChI is InChI=1S/C26H32ClF2N7O2/c1-2-35-21(7-11-31-35)25(38)33-23(16-5-8-26(28,29)9-6-16)20-15-36-22(32-20)13-18(14-27)19(34-36)12-17-4-3-10-30-24(17)37/h7,11,13,15-17,23H,2-6,8-10,12,14H2,1H3,(H,30,37)(H,33,38). The van der Waals surface area contributed by atoms with Crippen molar-refractivity contribution in [2.45, 2.75) is 76.3 Å². The zero-order valence-corrected chi connectivity index (χ0v) is 22.1. The quantitative estimate of drug-likeness (QED) is 0.414. The molecule has 3 aromatic rings. The molecule has 2 atom stereocenters. The molecular formula is C26H32ClF2N7O2. The summed E-state index contributed by atoms with van der Waals surface area (Å²) in [5.74, 6) is -3.16. The molecule has 1 saturated carbocycles. The number of amides is 2. The molecule has 1 aliphatic heterocycles. The van der Waals surface area contributed by atoms with E-state index < -0.39 is 12.0 Å². The fourth-order valence-corrected chi connectivity index (χ4v) is 5.77. The maximum absolute atomic E-state index is 14.0. The average molecular weight is 548 g/mol. The lowest BCUT2D eigenvalue weighted by Crippen LogP contribution is -2.38. The largest absolute Gasteiger partial charge is 0.356 e. The maximum atomic E-state index is 14.0. The lowest BCUT2D eigenvalue weighted by molar-refractivity contribution is -0.126. The van der Waals surface area contributed by atoms with E-state index in [-0.39, 0.29) is 55.2 Å². The SMILES string of the molecule is CCn1nccc1C(=O)NC(c1cn2nc(CC3CCCNC3=O)c(CCl)cc2n1)C1CCC(F)(F)CC1. The number of nitrogens with zero attached hydrogens (tertiary/aromatic N) is 5. The Kier molecular flexibility index (Phi) is 7.65. The lowest BCUT2D eigenvalue weighted by Gasteiger charge is -2.33. The molecule has 38 heavy (non-hydrogen) atoms. The van der Waals surface area contributed by atoms with Crippen LogP contribution >= 0.6 is 11.6 Å². The minimum Gasteiger partial charge on any atom is -0.356 e. The van der Waals surface area contributed by atoms with Crippen molar-refractivity contribution < 1.29 is 18.4 Å². The van der Waals surface area contributed by atoms with E-state index in [1.54, 1.807) is 27.7 Å². The van der Waals surface area contributed by atoms with E-state index in [2.05, 4.69) is 15.7 Å². The van der Waals surface area contributed by atoms with E-state index in [0.29, 0.717) is 36.5 Å². The summed E-state index contributed by atoms with van der Waals surface area (Å²) < 4.78 is 31.2. The summed E-state index contributed by atoms with van der Waals surface area (Å²) in [5.41, 5.74) is 3.02. The molecule has 2 aliphatic rings. The van der Waals surface area contributed by atoms with Crippen LogP contribution < -0.4 is 10.6 Å². The Balaban J connectivity index is 1.47. The van der Waals surface area contributed by atoms with Gasteiger partial charge in [0, 0.05) is 50.3 Å². The van der Waals surface area contributed by atoms with Crippen LogP contribution in [0.1, 0.15) is 78.9 Å². The fraction of sp³-hybridized carbons (Fsp3) is 0.577. The Labute approximate surface area is 224 Å². The normalized spacial score (nSPS) is 20.8. The fourth-order valence-electron chi connectivity index (χ4n) is 5.54. The maximum Gasteiger partial charge on any atom is 0.270 e. The minimum atomic E-state index is -2.69. The van der Waals surface area contributed by atoms with Crippen molar-refractivity contribution in [3.63, 3.8) is 0 Å². The molecule has 2 unspecified atom stereocenters. The van der Waals surface area contributed by atoms with Gasteiger partial charge in [-0.3, -0.25) is 14.3 Å². The number of aryl methyl sites for hydroxylation is 1.